The molecule has 2 aliphatic rings. The zero-order chi connectivity index (χ0) is 18.1. The molecule has 1 aromatic carbocycles. The summed E-state index contributed by atoms with van der Waals surface area (Å²) in [6.45, 7) is 2.77. The molecule has 136 valence electrons. The predicted molar refractivity (Wildman–Crippen MR) is 97.5 cm³/mol. The van der Waals surface area contributed by atoms with E-state index in [1.807, 2.05) is 36.6 Å². The minimum atomic E-state index is -0.416. The molecule has 0 saturated carbocycles. The third kappa shape index (κ3) is 3.14. The molecular formula is C19H20N2O4S. The van der Waals surface area contributed by atoms with E-state index in [4.69, 9.17) is 9.47 Å². The number of thiophene rings is 1. The molecule has 1 aromatic heterocycles. The van der Waals surface area contributed by atoms with Gasteiger partial charge in [0.25, 0.3) is 5.91 Å². The van der Waals surface area contributed by atoms with E-state index in [1.54, 1.807) is 11.0 Å². The number of likely N-dealkylation sites (tertiary alicyclic amines) is 1. The van der Waals surface area contributed by atoms with Gasteiger partial charge in [0.05, 0.1) is 10.9 Å². The molecule has 0 radical (unpaired) electrons. The fraction of sp³-hybridized carbons (Fsp3) is 0.368. The monoisotopic (exact) mass is 372 g/mol. The number of hydrogen-bond acceptors (Lipinski definition) is 5. The molecule has 1 unspecified atom stereocenters. The Balaban J connectivity index is 1.44. The molecule has 6 nitrogen and oxygen atoms in total. The molecular weight excluding hydrogens is 352 g/mol. The minimum Gasteiger partial charge on any atom is -0.454 e. The molecule has 0 bridgehead atoms. The Morgan fingerprint density at radius 3 is 2.92 bits per heavy atom. The first-order valence-corrected chi connectivity index (χ1v) is 9.56. The summed E-state index contributed by atoms with van der Waals surface area (Å²) in [7, 11) is 0. The van der Waals surface area contributed by atoms with Crippen LogP contribution in [0.5, 0.6) is 11.5 Å². The predicted octanol–water partition coefficient (Wildman–Crippen LogP) is 2.96. The van der Waals surface area contributed by atoms with Gasteiger partial charge in [-0.1, -0.05) is 12.1 Å². The normalized spacial score (nSPS) is 19.4. The largest absolute Gasteiger partial charge is 0.454 e. The summed E-state index contributed by atoms with van der Waals surface area (Å²) in [4.78, 5) is 27.8. The lowest BCUT2D eigenvalue weighted by Crippen LogP contribution is -2.46. The first kappa shape index (κ1) is 16.9. The maximum atomic E-state index is 12.8. The van der Waals surface area contributed by atoms with Gasteiger partial charge in [0.2, 0.25) is 12.7 Å². The van der Waals surface area contributed by atoms with Crippen LogP contribution in [0.15, 0.2) is 35.7 Å². The lowest BCUT2D eigenvalue weighted by Gasteiger charge is -2.25. The second kappa shape index (κ2) is 6.99. The summed E-state index contributed by atoms with van der Waals surface area (Å²) in [5.74, 6) is 1.24. The second-order valence-electron chi connectivity index (χ2n) is 6.48. The second-order valence-corrected chi connectivity index (χ2v) is 7.42. The molecule has 1 fully saturated rings. The average Bonchev–Trinajstić information content (AvgIpc) is 3.41. The van der Waals surface area contributed by atoms with Crippen molar-refractivity contribution in [2.24, 2.45) is 0 Å². The van der Waals surface area contributed by atoms with Crippen LogP contribution in [-0.4, -0.2) is 36.1 Å². The Kier molecular flexibility index (Phi) is 4.55. The third-order valence-corrected chi connectivity index (χ3v) is 5.66. The van der Waals surface area contributed by atoms with Crippen molar-refractivity contribution < 1.29 is 19.1 Å². The summed E-state index contributed by atoms with van der Waals surface area (Å²) >= 11 is 1.41. The highest BCUT2D eigenvalue weighted by Crippen LogP contribution is 2.34. The van der Waals surface area contributed by atoms with Crippen LogP contribution in [0.4, 0.5) is 0 Å². The highest BCUT2D eigenvalue weighted by atomic mass is 32.1. The maximum absolute atomic E-state index is 12.8. The Hall–Kier alpha value is -2.54. The number of rotatable bonds is 4. The molecule has 2 amide bonds. The van der Waals surface area contributed by atoms with Gasteiger partial charge in [-0.15, -0.1) is 11.3 Å². The van der Waals surface area contributed by atoms with Gasteiger partial charge < -0.3 is 19.7 Å². The SMILES string of the molecule is CC(NC(=O)[C@@H]1CCCN1C(=O)c1cccs1)c1ccc2c(c1)OCO2. The van der Waals surface area contributed by atoms with E-state index in [2.05, 4.69) is 5.32 Å². The van der Waals surface area contributed by atoms with Gasteiger partial charge in [0.15, 0.2) is 11.5 Å². The van der Waals surface area contributed by atoms with E-state index in [9.17, 15) is 9.59 Å². The minimum absolute atomic E-state index is 0.0617. The van der Waals surface area contributed by atoms with Gasteiger partial charge >= 0.3 is 0 Å². The average molecular weight is 372 g/mol. The molecule has 26 heavy (non-hydrogen) atoms. The summed E-state index contributed by atoms with van der Waals surface area (Å²) in [6.07, 6.45) is 1.53. The van der Waals surface area contributed by atoms with Crippen LogP contribution in [0.1, 0.15) is 41.0 Å². The van der Waals surface area contributed by atoms with Crippen molar-refractivity contribution >= 4 is 23.2 Å². The Morgan fingerprint density at radius 2 is 2.12 bits per heavy atom. The van der Waals surface area contributed by atoms with Crippen LogP contribution in [0.3, 0.4) is 0 Å². The lowest BCUT2D eigenvalue weighted by molar-refractivity contribution is -0.125. The number of carbonyl (C=O) groups excluding carboxylic acids is 2. The fourth-order valence-corrected chi connectivity index (χ4v) is 4.08. The van der Waals surface area contributed by atoms with E-state index in [0.29, 0.717) is 23.6 Å². The van der Waals surface area contributed by atoms with E-state index < -0.39 is 6.04 Å². The van der Waals surface area contributed by atoms with Crippen molar-refractivity contribution in [1.82, 2.24) is 10.2 Å². The lowest BCUT2D eigenvalue weighted by atomic mass is 10.1. The van der Waals surface area contributed by atoms with E-state index in [1.165, 1.54) is 11.3 Å². The van der Waals surface area contributed by atoms with Crippen molar-refractivity contribution in [2.75, 3.05) is 13.3 Å². The molecule has 7 heteroatoms. The van der Waals surface area contributed by atoms with Gasteiger partial charge in [-0.2, -0.15) is 0 Å². The molecule has 4 rings (SSSR count). The number of nitrogens with zero attached hydrogens (tertiary/aromatic N) is 1. The Labute approximate surface area is 155 Å². The van der Waals surface area contributed by atoms with Gasteiger partial charge in [-0.05, 0) is 48.9 Å². The first-order chi connectivity index (χ1) is 12.6. The number of amides is 2. The van der Waals surface area contributed by atoms with Crippen LogP contribution in [0.25, 0.3) is 0 Å². The number of nitrogens with one attached hydrogen (secondary N) is 1. The first-order valence-electron chi connectivity index (χ1n) is 8.68. The van der Waals surface area contributed by atoms with Crippen LogP contribution in [0.2, 0.25) is 0 Å². The summed E-state index contributed by atoms with van der Waals surface area (Å²) in [6, 6.07) is 8.71. The highest BCUT2D eigenvalue weighted by Gasteiger charge is 2.35. The quantitative estimate of drug-likeness (QED) is 0.896. The molecule has 1 N–H and O–H groups in total. The third-order valence-electron chi connectivity index (χ3n) is 4.80. The molecule has 0 spiro atoms. The number of carbonyl (C=O) groups is 2. The molecule has 3 heterocycles. The molecule has 2 atom stereocenters. The molecule has 1 saturated heterocycles. The number of ether oxygens (including phenoxy) is 2. The van der Waals surface area contributed by atoms with Crippen LogP contribution >= 0.6 is 11.3 Å². The zero-order valence-corrected chi connectivity index (χ0v) is 15.3. The standard InChI is InChI=1S/C19H20N2O4S/c1-12(13-6-7-15-16(10-13)25-11-24-15)20-18(22)14-4-2-8-21(14)19(23)17-5-3-9-26-17/h3,5-7,9-10,12,14H,2,4,8,11H2,1H3,(H,20,22)/t12?,14-/m0/s1. The van der Waals surface area contributed by atoms with Gasteiger partial charge in [0.1, 0.15) is 6.04 Å². The van der Waals surface area contributed by atoms with Gasteiger partial charge in [0, 0.05) is 6.54 Å². The van der Waals surface area contributed by atoms with Crippen LogP contribution < -0.4 is 14.8 Å². The zero-order valence-electron chi connectivity index (χ0n) is 14.4. The summed E-state index contributed by atoms with van der Waals surface area (Å²) in [5.41, 5.74) is 0.941. The molecule has 2 aromatic rings. The van der Waals surface area contributed by atoms with Gasteiger partial charge in [-0.25, -0.2) is 0 Å². The van der Waals surface area contributed by atoms with Crippen molar-refractivity contribution in [1.29, 1.82) is 0 Å². The van der Waals surface area contributed by atoms with Crippen molar-refractivity contribution in [3.05, 3.63) is 46.2 Å². The van der Waals surface area contributed by atoms with E-state index in [0.717, 1.165) is 17.7 Å². The fourth-order valence-electron chi connectivity index (χ4n) is 3.40. The maximum Gasteiger partial charge on any atom is 0.264 e. The molecule has 0 aliphatic carbocycles. The molecule has 2 aliphatic heterocycles. The number of fused-ring (bicyclic) bond motifs is 1. The van der Waals surface area contributed by atoms with E-state index >= 15 is 0 Å². The summed E-state index contributed by atoms with van der Waals surface area (Å²) in [5, 5.41) is 4.91. The van der Waals surface area contributed by atoms with Crippen LogP contribution in [-0.2, 0) is 4.79 Å². The highest BCUT2D eigenvalue weighted by molar-refractivity contribution is 7.12. The van der Waals surface area contributed by atoms with Crippen molar-refractivity contribution in [3.8, 4) is 11.5 Å². The van der Waals surface area contributed by atoms with Crippen molar-refractivity contribution in [2.45, 2.75) is 31.8 Å². The summed E-state index contributed by atoms with van der Waals surface area (Å²) < 4.78 is 10.7. The Bertz CT molecular complexity index is 821. The van der Waals surface area contributed by atoms with E-state index in [-0.39, 0.29) is 24.6 Å². The van der Waals surface area contributed by atoms with Crippen molar-refractivity contribution in [3.63, 3.8) is 0 Å². The topological polar surface area (TPSA) is 67.9 Å². The number of hydrogen-bond donors (Lipinski definition) is 1. The number of benzene rings is 1. The smallest absolute Gasteiger partial charge is 0.264 e. The Morgan fingerprint density at radius 1 is 1.27 bits per heavy atom. The van der Waals surface area contributed by atoms with Gasteiger partial charge in [-0.3, -0.25) is 9.59 Å². The van der Waals surface area contributed by atoms with Crippen LogP contribution in [0, 0.1) is 0 Å².